The zero-order chi connectivity index (χ0) is 32.3. The Labute approximate surface area is 270 Å². The maximum absolute atomic E-state index is 14.5. The summed E-state index contributed by atoms with van der Waals surface area (Å²) in [4.78, 5) is 38.9. The van der Waals surface area contributed by atoms with Crippen LogP contribution in [-0.2, 0) is 11.4 Å². The smallest absolute Gasteiger partial charge is 0.272 e. The minimum Gasteiger partial charge on any atom is -0.489 e. The van der Waals surface area contributed by atoms with Gasteiger partial charge >= 0.3 is 0 Å². The summed E-state index contributed by atoms with van der Waals surface area (Å²) in [5, 5.41) is 5.30. The van der Waals surface area contributed by atoms with Crippen molar-refractivity contribution in [3.8, 4) is 5.75 Å². The molecule has 0 aliphatic heterocycles. The van der Waals surface area contributed by atoms with Gasteiger partial charge in [0.2, 0.25) is 0 Å². The third kappa shape index (κ3) is 8.65. The van der Waals surface area contributed by atoms with E-state index in [1.807, 2.05) is 54.6 Å². The largest absolute Gasteiger partial charge is 0.489 e. The molecule has 0 heterocycles. The van der Waals surface area contributed by atoms with Crippen LogP contribution < -0.4 is 15.4 Å². The summed E-state index contributed by atoms with van der Waals surface area (Å²) in [6.07, 6.45) is 4.35. The highest BCUT2D eigenvalue weighted by Gasteiger charge is 2.17. The summed E-state index contributed by atoms with van der Waals surface area (Å²) in [7, 11) is 0. The first kappa shape index (κ1) is 31.6. The fraction of sp³-hybridized carbons (Fsp3) is 0.0263. The lowest BCUT2D eigenvalue weighted by atomic mass is 10.1. The molecule has 228 valence electrons. The van der Waals surface area contributed by atoms with Gasteiger partial charge < -0.3 is 15.4 Å². The standard InChI is InChI=1S/C38H28ClFN2O4/c39-33-12-7-13-34(40)32(33)24-35(42-37(44)29-10-5-2-6-11-29)38(45)41-30-19-17-28(18-20-30)36(43)23-16-26-14-21-31(22-15-26)46-25-27-8-3-1-4-9-27/h1-24H,25H2,(H,41,45)(H,42,44)/b23-16+,35-24-. The van der Waals surface area contributed by atoms with Gasteiger partial charge in [0.05, 0.1) is 5.02 Å². The summed E-state index contributed by atoms with van der Waals surface area (Å²) in [6, 6.07) is 35.9. The number of benzene rings is 5. The van der Waals surface area contributed by atoms with Crippen LogP contribution in [0.15, 0.2) is 139 Å². The van der Waals surface area contributed by atoms with Crippen LogP contribution in [0.5, 0.6) is 5.75 Å². The van der Waals surface area contributed by atoms with Crippen molar-refractivity contribution in [2.45, 2.75) is 6.61 Å². The van der Waals surface area contributed by atoms with Crippen LogP contribution in [0, 0.1) is 5.82 Å². The van der Waals surface area contributed by atoms with Crippen LogP contribution >= 0.6 is 11.6 Å². The van der Waals surface area contributed by atoms with Gasteiger partial charge in [-0.2, -0.15) is 0 Å². The second-order valence-electron chi connectivity index (χ2n) is 10.1. The molecule has 46 heavy (non-hydrogen) atoms. The molecular weight excluding hydrogens is 603 g/mol. The lowest BCUT2D eigenvalue weighted by Gasteiger charge is -2.12. The number of carbonyl (C=O) groups excluding carboxylic acids is 3. The van der Waals surface area contributed by atoms with Crippen LogP contribution in [0.25, 0.3) is 12.2 Å². The number of carbonyl (C=O) groups is 3. The molecule has 0 saturated carbocycles. The molecule has 0 atom stereocenters. The SMILES string of the molecule is O=C(Nc1ccc(C(=O)/C=C/c2ccc(OCc3ccccc3)cc2)cc1)/C(=C/c1c(F)cccc1Cl)NC(=O)c1ccccc1. The zero-order valence-corrected chi connectivity index (χ0v) is 25.2. The second-order valence-corrected chi connectivity index (χ2v) is 10.5. The predicted octanol–water partition coefficient (Wildman–Crippen LogP) is 8.36. The summed E-state index contributed by atoms with van der Waals surface area (Å²) in [5.74, 6) is -1.43. The Kier molecular flexibility index (Phi) is 10.5. The molecule has 0 aromatic heterocycles. The zero-order valence-electron chi connectivity index (χ0n) is 24.5. The molecule has 6 nitrogen and oxygen atoms in total. The molecular formula is C38H28ClFN2O4. The van der Waals surface area contributed by atoms with Crippen LogP contribution in [0.3, 0.4) is 0 Å². The van der Waals surface area contributed by atoms with Gasteiger partial charge in [-0.25, -0.2) is 4.39 Å². The first-order valence-electron chi connectivity index (χ1n) is 14.3. The Balaban J connectivity index is 1.23. The average molecular weight is 631 g/mol. The van der Waals surface area contributed by atoms with Crippen molar-refractivity contribution in [1.29, 1.82) is 0 Å². The van der Waals surface area contributed by atoms with Gasteiger partial charge in [0.25, 0.3) is 11.8 Å². The molecule has 0 radical (unpaired) electrons. The highest BCUT2D eigenvalue weighted by molar-refractivity contribution is 6.32. The summed E-state index contributed by atoms with van der Waals surface area (Å²) in [6.45, 7) is 0.463. The summed E-state index contributed by atoms with van der Waals surface area (Å²) >= 11 is 6.17. The number of hydrogen-bond acceptors (Lipinski definition) is 4. The van der Waals surface area contributed by atoms with E-state index in [4.69, 9.17) is 16.3 Å². The monoisotopic (exact) mass is 630 g/mol. The molecule has 5 aromatic rings. The van der Waals surface area contributed by atoms with Crippen molar-refractivity contribution in [3.63, 3.8) is 0 Å². The van der Waals surface area contributed by atoms with E-state index in [2.05, 4.69) is 10.6 Å². The highest BCUT2D eigenvalue weighted by Crippen LogP contribution is 2.22. The van der Waals surface area contributed by atoms with E-state index in [0.717, 1.165) is 16.9 Å². The topological polar surface area (TPSA) is 84.5 Å². The number of ketones is 1. The van der Waals surface area contributed by atoms with Crippen LogP contribution in [0.2, 0.25) is 5.02 Å². The molecule has 0 saturated heterocycles. The molecule has 0 unspecified atom stereocenters. The summed E-state index contributed by atoms with van der Waals surface area (Å²) < 4.78 is 20.4. The molecule has 2 amide bonds. The van der Waals surface area contributed by atoms with Crippen molar-refractivity contribution >= 4 is 47.0 Å². The number of nitrogens with one attached hydrogen (secondary N) is 2. The van der Waals surface area contributed by atoms with Gasteiger partial charge in [-0.15, -0.1) is 0 Å². The molecule has 0 fully saturated rings. The minimum absolute atomic E-state index is 0.0511. The van der Waals surface area contributed by atoms with Crippen molar-refractivity contribution < 1.29 is 23.5 Å². The van der Waals surface area contributed by atoms with Crippen molar-refractivity contribution in [1.82, 2.24) is 5.32 Å². The van der Waals surface area contributed by atoms with Gasteiger partial charge in [-0.1, -0.05) is 84.4 Å². The quantitative estimate of drug-likeness (QED) is 0.113. The fourth-order valence-electron chi connectivity index (χ4n) is 4.34. The predicted molar refractivity (Wildman–Crippen MR) is 179 cm³/mol. The molecule has 0 aliphatic rings. The first-order valence-corrected chi connectivity index (χ1v) is 14.7. The van der Waals surface area contributed by atoms with Crippen LogP contribution in [0.4, 0.5) is 10.1 Å². The minimum atomic E-state index is -0.709. The van der Waals surface area contributed by atoms with E-state index in [1.54, 1.807) is 60.7 Å². The van der Waals surface area contributed by atoms with Gasteiger partial charge in [0, 0.05) is 22.4 Å². The molecule has 0 spiro atoms. The molecule has 5 rings (SSSR count). The fourth-order valence-corrected chi connectivity index (χ4v) is 4.55. The highest BCUT2D eigenvalue weighted by atomic mass is 35.5. The molecule has 8 heteroatoms. The second kappa shape index (κ2) is 15.3. The average Bonchev–Trinajstić information content (AvgIpc) is 3.09. The molecule has 0 aliphatic carbocycles. The molecule has 0 bridgehead atoms. The Bertz CT molecular complexity index is 1870. The van der Waals surface area contributed by atoms with Gasteiger partial charge in [-0.05, 0) is 83.9 Å². The van der Waals surface area contributed by atoms with E-state index < -0.39 is 17.6 Å². The van der Waals surface area contributed by atoms with Crippen LogP contribution in [-0.4, -0.2) is 17.6 Å². The lowest BCUT2D eigenvalue weighted by Crippen LogP contribution is -2.30. The van der Waals surface area contributed by atoms with E-state index >= 15 is 0 Å². The number of hydrogen-bond donors (Lipinski definition) is 2. The summed E-state index contributed by atoms with van der Waals surface area (Å²) in [5.41, 5.74) is 2.70. The lowest BCUT2D eigenvalue weighted by molar-refractivity contribution is -0.113. The van der Waals surface area contributed by atoms with Gasteiger partial charge in [-0.3, -0.25) is 14.4 Å². The molecule has 2 N–H and O–H groups in total. The Morgan fingerprint density at radius 1 is 0.739 bits per heavy atom. The Morgan fingerprint density at radius 3 is 2.09 bits per heavy atom. The maximum Gasteiger partial charge on any atom is 0.272 e. The number of amides is 2. The van der Waals surface area contributed by atoms with Crippen LogP contribution in [0.1, 0.15) is 37.4 Å². The van der Waals surface area contributed by atoms with Crippen molar-refractivity contribution in [2.24, 2.45) is 0 Å². The van der Waals surface area contributed by atoms with Crippen molar-refractivity contribution in [2.75, 3.05) is 5.32 Å². The maximum atomic E-state index is 14.5. The van der Waals surface area contributed by atoms with E-state index in [0.29, 0.717) is 23.4 Å². The third-order valence-corrected chi connectivity index (χ3v) is 7.13. The number of halogens is 2. The van der Waals surface area contributed by atoms with Gasteiger partial charge in [0.15, 0.2) is 5.78 Å². The number of rotatable bonds is 11. The van der Waals surface area contributed by atoms with Crippen molar-refractivity contribution in [3.05, 3.63) is 178 Å². The Hall–Kier alpha value is -5.79. The Morgan fingerprint density at radius 2 is 1.41 bits per heavy atom. The third-order valence-electron chi connectivity index (χ3n) is 6.80. The number of allylic oxidation sites excluding steroid dienone is 1. The number of ether oxygens (including phenoxy) is 1. The van der Waals surface area contributed by atoms with E-state index in [-0.39, 0.29) is 22.1 Å². The number of anilines is 1. The normalized spacial score (nSPS) is 11.2. The van der Waals surface area contributed by atoms with E-state index in [1.165, 1.54) is 30.4 Å². The first-order chi connectivity index (χ1) is 22.4. The van der Waals surface area contributed by atoms with E-state index in [9.17, 15) is 18.8 Å². The molecule has 5 aromatic carbocycles. The van der Waals surface area contributed by atoms with Gasteiger partial charge in [0.1, 0.15) is 23.9 Å².